The summed E-state index contributed by atoms with van der Waals surface area (Å²) in [6.07, 6.45) is 3.05. The second-order valence-corrected chi connectivity index (χ2v) is 2.83. The van der Waals surface area contributed by atoms with Gasteiger partial charge in [0.05, 0.1) is 13.7 Å². The maximum atomic E-state index is 10.9. The second-order valence-electron chi connectivity index (χ2n) is 2.83. The molecule has 0 spiro atoms. The number of hydrogen-bond acceptors (Lipinski definition) is 3. The molecular formula is C12H14O3. The zero-order valence-electron chi connectivity index (χ0n) is 8.90. The van der Waals surface area contributed by atoms with E-state index in [1.165, 1.54) is 13.2 Å². The van der Waals surface area contributed by atoms with Gasteiger partial charge in [-0.25, -0.2) is 4.79 Å². The third-order valence-corrected chi connectivity index (χ3v) is 1.82. The van der Waals surface area contributed by atoms with Gasteiger partial charge in [-0.05, 0) is 19.1 Å². The van der Waals surface area contributed by atoms with Crippen molar-refractivity contribution in [2.45, 2.75) is 6.92 Å². The number of carbonyl (C=O) groups is 1. The van der Waals surface area contributed by atoms with Crippen LogP contribution in [-0.4, -0.2) is 19.7 Å². The first-order valence-corrected chi connectivity index (χ1v) is 4.75. The van der Waals surface area contributed by atoms with Gasteiger partial charge in [-0.3, -0.25) is 0 Å². The molecule has 0 saturated heterocycles. The van der Waals surface area contributed by atoms with E-state index in [9.17, 15) is 4.79 Å². The fraction of sp³-hybridized carbons (Fsp3) is 0.250. The number of esters is 1. The fourth-order valence-corrected chi connectivity index (χ4v) is 1.13. The van der Waals surface area contributed by atoms with Crippen molar-refractivity contribution in [3.05, 3.63) is 35.9 Å². The van der Waals surface area contributed by atoms with Crippen LogP contribution in [0.4, 0.5) is 0 Å². The quantitative estimate of drug-likeness (QED) is 0.560. The average molecular weight is 206 g/mol. The van der Waals surface area contributed by atoms with E-state index in [0.717, 1.165) is 11.3 Å². The molecule has 80 valence electrons. The molecule has 0 radical (unpaired) electrons. The van der Waals surface area contributed by atoms with Crippen LogP contribution in [0.15, 0.2) is 30.3 Å². The SMILES string of the molecule is CCOc1ccccc1/C=C\C(=O)OC. The van der Waals surface area contributed by atoms with Crippen molar-refractivity contribution in [2.75, 3.05) is 13.7 Å². The minimum atomic E-state index is -0.374. The molecule has 0 aliphatic carbocycles. The number of benzene rings is 1. The van der Waals surface area contributed by atoms with Crippen LogP contribution in [0.3, 0.4) is 0 Å². The number of hydrogen-bond donors (Lipinski definition) is 0. The molecule has 0 heterocycles. The van der Waals surface area contributed by atoms with Gasteiger partial charge in [-0.2, -0.15) is 0 Å². The highest BCUT2D eigenvalue weighted by molar-refractivity contribution is 5.87. The number of ether oxygens (including phenoxy) is 2. The van der Waals surface area contributed by atoms with E-state index in [2.05, 4.69) is 4.74 Å². The average Bonchev–Trinajstić information content (AvgIpc) is 2.28. The Labute approximate surface area is 89.3 Å². The normalized spacial score (nSPS) is 10.3. The monoisotopic (exact) mass is 206 g/mol. The predicted octanol–water partition coefficient (Wildman–Crippen LogP) is 2.27. The molecule has 0 atom stereocenters. The summed E-state index contributed by atoms with van der Waals surface area (Å²) in [5.41, 5.74) is 0.866. The lowest BCUT2D eigenvalue weighted by Crippen LogP contribution is -1.95. The molecule has 15 heavy (non-hydrogen) atoms. The van der Waals surface area contributed by atoms with Crippen molar-refractivity contribution in [3.8, 4) is 5.75 Å². The molecule has 0 aromatic heterocycles. The van der Waals surface area contributed by atoms with Crippen molar-refractivity contribution in [1.29, 1.82) is 0 Å². The molecule has 0 saturated carbocycles. The summed E-state index contributed by atoms with van der Waals surface area (Å²) in [5, 5.41) is 0. The van der Waals surface area contributed by atoms with E-state index in [-0.39, 0.29) is 5.97 Å². The maximum absolute atomic E-state index is 10.9. The van der Waals surface area contributed by atoms with Crippen LogP contribution in [0, 0.1) is 0 Å². The van der Waals surface area contributed by atoms with Crippen molar-refractivity contribution >= 4 is 12.0 Å². The molecule has 3 nitrogen and oxygen atoms in total. The first-order valence-electron chi connectivity index (χ1n) is 4.75. The Morgan fingerprint density at radius 2 is 2.13 bits per heavy atom. The van der Waals surface area contributed by atoms with Crippen molar-refractivity contribution in [3.63, 3.8) is 0 Å². The summed E-state index contributed by atoms with van der Waals surface area (Å²) >= 11 is 0. The summed E-state index contributed by atoms with van der Waals surface area (Å²) in [6, 6.07) is 7.52. The third-order valence-electron chi connectivity index (χ3n) is 1.82. The minimum Gasteiger partial charge on any atom is -0.493 e. The highest BCUT2D eigenvalue weighted by Gasteiger charge is 1.99. The Morgan fingerprint density at radius 1 is 1.40 bits per heavy atom. The van der Waals surface area contributed by atoms with E-state index < -0.39 is 0 Å². The summed E-state index contributed by atoms with van der Waals surface area (Å²) in [6.45, 7) is 2.52. The van der Waals surface area contributed by atoms with E-state index in [0.29, 0.717) is 6.61 Å². The van der Waals surface area contributed by atoms with Crippen molar-refractivity contribution in [2.24, 2.45) is 0 Å². The smallest absolute Gasteiger partial charge is 0.330 e. The molecule has 1 aromatic carbocycles. The summed E-state index contributed by atoms with van der Waals surface area (Å²) in [7, 11) is 1.35. The first-order chi connectivity index (χ1) is 7.27. The van der Waals surface area contributed by atoms with Gasteiger partial charge in [0.1, 0.15) is 5.75 Å². The lowest BCUT2D eigenvalue weighted by Gasteiger charge is -2.05. The lowest BCUT2D eigenvalue weighted by molar-refractivity contribution is -0.134. The summed E-state index contributed by atoms with van der Waals surface area (Å²) < 4.78 is 9.90. The number of carbonyl (C=O) groups excluding carboxylic acids is 1. The molecule has 0 N–H and O–H groups in total. The highest BCUT2D eigenvalue weighted by atomic mass is 16.5. The van der Waals surface area contributed by atoms with E-state index in [1.807, 2.05) is 31.2 Å². The Bertz CT molecular complexity index is 356. The first kappa shape index (κ1) is 11.3. The van der Waals surface area contributed by atoms with Gasteiger partial charge in [0.25, 0.3) is 0 Å². The molecule has 1 rings (SSSR count). The zero-order valence-corrected chi connectivity index (χ0v) is 8.90. The van der Waals surface area contributed by atoms with Crippen LogP contribution in [0.2, 0.25) is 0 Å². The van der Waals surface area contributed by atoms with Gasteiger partial charge in [-0.1, -0.05) is 18.2 Å². The van der Waals surface area contributed by atoms with Gasteiger partial charge in [0, 0.05) is 11.6 Å². The third kappa shape index (κ3) is 3.46. The van der Waals surface area contributed by atoms with Gasteiger partial charge >= 0.3 is 5.97 Å². The van der Waals surface area contributed by atoms with Crippen LogP contribution in [-0.2, 0) is 9.53 Å². The standard InChI is InChI=1S/C12H14O3/c1-3-15-11-7-5-4-6-10(11)8-9-12(13)14-2/h4-9H,3H2,1-2H3/b9-8-. The largest absolute Gasteiger partial charge is 0.493 e. The molecule has 0 unspecified atom stereocenters. The van der Waals surface area contributed by atoms with Crippen LogP contribution in [0.5, 0.6) is 5.75 Å². The molecular weight excluding hydrogens is 192 g/mol. The van der Waals surface area contributed by atoms with Gasteiger partial charge < -0.3 is 9.47 Å². The number of methoxy groups -OCH3 is 1. The van der Waals surface area contributed by atoms with Crippen molar-refractivity contribution in [1.82, 2.24) is 0 Å². The van der Waals surface area contributed by atoms with Crippen LogP contribution >= 0.6 is 0 Å². The molecule has 1 aromatic rings. The molecule has 0 fully saturated rings. The Hall–Kier alpha value is -1.77. The summed E-state index contributed by atoms with van der Waals surface area (Å²) in [4.78, 5) is 10.9. The predicted molar refractivity (Wildman–Crippen MR) is 58.7 cm³/mol. The van der Waals surface area contributed by atoms with Gasteiger partial charge in [0.15, 0.2) is 0 Å². The topological polar surface area (TPSA) is 35.5 Å². The Kier molecular flexibility index (Phi) is 4.41. The number of rotatable bonds is 4. The molecule has 3 heteroatoms. The zero-order chi connectivity index (χ0) is 11.1. The van der Waals surface area contributed by atoms with Gasteiger partial charge in [-0.15, -0.1) is 0 Å². The van der Waals surface area contributed by atoms with E-state index >= 15 is 0 Å². The molecule has 0 aliphatic rings. The van der Waals surface area contributed by atoms with Crippen LogP contribution < -0.4 is 4.74 Å². The van der Waals surface area contributed by atoms with Gasteiger partial charge in [0.2, 0.25) is 0 Å². The summed E-state index contributed by atoms with van der Waals surface area (Å²) in [5.74, 6) is 0.390. The molecule has 0 bridgehead atoms. The maximum Gasteiger partial charge on any atom is 0.330 e. The fourth-order valence-electron chi connectivity index (χ4n) is 1.13. The number of para-hydroxylation sites is 1. The minimum absolute atomic E-state index is 0.374. The van der Waals surface area contributed by atoms with E-state index in [1.54, 1.807) is 6.08 Å². The van der Waals surface area contributed by atoms with E-state index in [4.69, 9.17) is 4.74 Å². The second kappa shape index (κ2) is 5.86. The van der Waals surface area contributed by atoms with Crippen molar-refractivity contribution < 1.29 is 14.3 Å². The molecule has 0 amide bonds. The van der Waals surface area contributed by atoms with Crippen LogP contribution in [0.1, 0.15) is 12.5 Å². The van der Waals surface area contributed by atoms with Crippen LogP contribution in [0.25, 0.3) is 6.08 Å². The Balaban J connectivity index is 2.83. The Morgan fingerprint density at radius 3 is 2.80 bits per heavy atom. The molecule has 0 aliphatic heterocycles. The lowest BCUT2D eigenvalue weighted by atomic mass is 10.2. The highest BCUT2D eigenvalue weighted by Crippen LogP contribution is 2.19.